The summed E-state index contributed by atoms with van der Waals surface area (Å²) in [4.78, 5) is 26.5. The third-order valence-corrected chi connectivity index (χ3v) is 5.20. The monoisotopic (exact) mass is 357 g/mol. The molecule has 0 radical (unpaired) electrons. The van der Waals surface area contributed by atoms with Gasteiger partial charge in [0.25, 0.3) is 5.91 Å². The molecule has 2 amide bonds. The largest absolute Gasteiger partial charge is 0.347 e. The van der Waals surface area contributed by atoms with Crippen molar-refractivity contribution in [3.05, 3.63) is 41.0 Å². The highest BCUT2D eigenvalue weighted by Crippen LogP contribution is 2.31. The topological polar surface area (TPSA) is 72.2 Å². The highest BCUT2D eigenvalue weighted by atomic mass is 16.2. The molecule has 1 aliphatic heterocycles. The first-order valence-corrected chi connectivity index (χ1v) is 9.08. The summed E-state index contributed by atoms with van der Waals surface area (Å²) < 4.78 is 3.66. The average molecular weight is 357 g/mol. The summed E-state index contributed by atoms with van der Waals surface area (Å²) in [6.45, 7) is 4.78. The minimum atomic E-state index is -0.118. The average Bonchev–Trinajstić information content (AvgIpc) is 3.14. The molecule has 0 spiro atoms. The lowest BCUT2D eigenvalue weighted by Gasteiger charge is -2.35. The number of likely N-dealkylation sites (tertiary alicyclic amines) is 1. The van der Waals surface area contributed by atoms with Gasteiger partial charge in [-0.2, -0.15) is 5.10 Å². The Labute approximate surface area is 154 Å². The van der Waals surface area contributed by atoms with Crippen LogP contribution in [0.3, 0.4) is 0 Å². The Bertz CT molecular complexity index is 820. The van der Waals surface area contributed by atoms with Crippen LogP contribution in [0.4, 0.5) is 0 Å². The number of aryl methyl sites for hydroxylation is 2. The maximum absolute atomic E-state index is 12.6. The van der Waals surface area contributed by atoms with E-state index in [0.717, 1.165) is 42.8 Å². The van der Waals surface area contributed by atoms with Gasteiger partial charge in [0.2, 0.25) is 5.91 Å². The van der Waals surface area contributed by atoms with Crippen molar-refractivity contribution < 1.29 is 9.59 Å². The minimum absolute atomic E-state index is 0.0494. The second-order valence-corrected chi connectivity index (χ2v) is 7.02. The molecule has 0 bridgehead atoms. The van der Waals surface area contributed by atoms with Gasteiger partial charge < -0.3 is 14.8 Å². The molecule has 0 aliphatic carbocycles. The second kappa shape index (κ2) is 7.35. The van der Waals surface area contributed by atoms with Gasteiger partial charge in [-0.25, -0.2) is 0 Å². The van der Waals surface area contributed by atoms with Crippen LogP contribution in [0.15, 0.2) is 18.3 Å². The quantitative estimate of drug-likeness (QED) is 0.910. The summed E-state index contributed by atoms with van der Waals surface area (Å²) in [5, 5.41) is 7.26. The third kappa shape index (κ3) is 3.52. The Balaban J connectivity index is 1.74. The normalized spacial score (nSPS) is 17.4. The van der Waals surface area contributed by atoms with Crippen LogP contribution in [0.2, 0.25) is 0 Å². The summed E-state index contributed by atoms with van der Waals surface area (Å²) in [6, 6.07) is 3.86. The number of rotatable bonds is 4. The highest BCUT2D eigenvalue weighted by molar-refractivity contribution is 5.92. The molecule has 1 saturated heterocycles. The summed E-state index contributed by atoms with van der Waals surface area (Å²) in [5.74, 6) is -0.0267. The van der Waals surface area contributed by atoms with E-state index in [0.29, 0.717) is 12.2 Å². The van der Waals surface area contributed by atoms with Crippen molar-refractivity contribution in [1.82, 2.24) is 24.6 Å². The molecular formula is C19H27N5O2. The van der Waals surface area contributed by atoms with Crippen LogP contribution in [0.1, 0.15) is 59.7 Å². The molecule has 1 atom stereocenters. The van der Waals surface area contributed by atoms with Crippen molar-refractivity contribution in [2.24, 2.45) is 14.1 Å². The molecule has 1 aliphatic rings. The van der Waals surface area contributed by atoms with Crippen molar-refractivity contribution in [2.75, 3.05) is 6.54 Å². The van der Waals surface area contributed by atoms with Crippen molar-refractivity contribution in [3.8, 4) is 0 Å². The second-order valence-electron chi connectivity index (χ2n) is 7.02. The Morgan fingerprint density at radius 3 is 2.69 bits per heavy atom. The smallest absolute Gasteiger partial charge is 0.268 e. The van der Waals surface area contributed by atoms with Crippen LogP contribution >= 0.6 is 0 Å². The molecule has 26 heavy (non-hydrogen) atoms. The zero-order valence-corrected chi connectivity index (χ0v) is 16.0. The van der Waals surface area contributed by atoms with Crippen LogP contribution < -0.4 is 5.32 Å². The summed E-state index contributed by atoms with van der Waals surface area (Å²) in [5.41, 5.74) is 3.54. The Morgan fingerprint density at radius 1 is 1.27 bits per heavy atom. The molecule has 7 nitrogen and oxygen atoms in total. The standard InChI is InChI=1S/C19H27N5O2/c1-13-15(12-22(3)21-13)11-20-19(26)18-9-8-16(23(18)4)17-7-5-6-10-24(17)14(2)25/h8-9,12,17H,5-7,10-11H2,1-4H3,(H,20,26)/t17-/m1/s1. The lowest BCUT2D eigenvalue weighted by molar-refractivity contribution is -0.132. The molecule has 1 fully saturated rings. The lowest BCUT2D eigenvalue weighted by atomic mass is 9.99. The van der Waals surface area contributed by atoms with E-state index < -0.39 is 0 Å². The van der Waals surface area contributed by atoms with Crippen LogP contribution in [-0.2, 0) is 25.4 Å². The van der Waals surface area contributed by atoms with Crippen LogP contribution in [-0.4, -0.2) is 37.6 Å². The number of carbonyl (C=O) groups excluding carboxylic acids is 2. The number of nitrogens with one attached hydrogen (secondary N) is 1. The maximum atomic E-state index is 12.6. The van der Waals surface area contributed by atoms with Gasteiger partial charge in [-0.1, -0.05) is 0 Å². The predicted molar refractivity (Wildman–Crippen MR) is 98.5 cm³/mol. The highest BCUT2D eigenvalue weighted by Gasteiger charge is 2.28. The van der Waals surface area contributed by atoms with Crippen molar-refractivity contribution in [2.45, 2.75) is 45.7 Å². The van der Waals surface area contributed by atoms with E-state index in [1.807, 2.05) is 48.8 Å². The Hall–Kier alpha value is -2.57. The van der Waals surface area contributed by atoms with E-state index in [1.165, 1.54) is 0 Å². The van der Waals surface area contributed by atoms with Crippen LogP contribution in [0, 0.1) is 6.92 Å². The van der Waals surface area contributed by atoms with E-state index in [2.05, 4.69) is 10.4 Å². The molecule has 3 heterocycles. The van der Waals surface area contributed by atoms with Gasteiger partial charge in [0.15, 0.2) is 0 Å². The number of hydrogen-bond donors (Lipinski definition) is 1. The lowest BCUT2D eigenvalue weighted by Crippen LogP contribution is -2.38. The number of aromatic nitrogens is 3. The van der Waals surface area contributed by atoms with Gasteiger partial charge in [-0.15, -0.1) is 0 Å². The molecule has 7 heteroatoms. The fourth-order valence-electron chi connectivity index (χ4n) is 3.79. The molecule has 2 aromatic rings. The van der Waals surface area contributed by atoms with E-state index >= 15 is 0 Å². The van der Waals surface area contributed by atoms with Crippen molar-refractivity contribution in [1.29, 1.82) is 0 Å². The molecule has 0 unspecified atom stereocenters. The van der Waals surface area contributed by atoms with Gasteiger partial charge in [-0.3, -0.25) is 14.3 Å². The van der Waals surface area contributed by atoms with Crippen LogP contribution in [0.25, 0.3) is 0 Å². The van der Waals surface area contributed by atoms with E-state index in [4.69, 9.17) is 0 Å². The fraction of sp³-hybridized carbons (Fsp3) is 0.526. The van der Waals surface area contributed by atoms with E-state index in [9.17, 15) is 9.59 Å². The van der Waals surface area contributed by atoms with Gasteiger partial charge >= 0.3 is 0 Å². The van der Waals surface area contributed by atoms with Gasteiger partial charge in [0.1, 0.15) is 5.69 Å². The molecule has 0 saturated carbocycles. The third-order valence-electron chi connectivity index (χ3n) is 5.20. The maximum Gasteiger partial charge on any atom is 0.268 e. The number of piperidine rings is 1. The molecule has 1 N–H and O–H groups in total. The predicted octanol–water partition coefficient (Wildman–Crippen LogP) is 2.07. The van der Waals surface area contributed by atoms with Crippen molar-refractivity contribution >= 4 is 11.8 Å². The minimum Gasteiger partial charge on any atom is -0.347 e. The van der Waals surface area contributed by atoms with E-state index in [1.54, 1.807) is 11.6 Å². The summed E-state index contributed by atoms with van der Waals surface area (Å²) in [6.07, 6.45) is 4.99. The first-order chi connectivity index (χ1) is 12.4. The first-order valence-electron chi connectivity index (χ1n) is 9.08. The van der Waals surface area contributed by atoms with Gasteiger partial charge in [0.05, 0.1) is 11.7 Å². The summed E-state index contributed by atoms with van der Waals surface area (Å²) in [7, 11) is 3.76. The van der Waals surface area contributed by atoms with Crippen LogP contribution in [0.5, 0.6) is 0 Å². The van der Waals surface area contributed by atoms with E-state index in [-0.39, 0.29) is 17.9 Å². The zero-order valence-electron chi connectivity index (χ0n) is 16.0. The van der Waals surface area contributed by atoms with Gasteiger partial charge in [0, 0.05) is 51.6 Å². The number of nitrogens with zero attached hydrogens (tertiary/aromatic N) is 4. The Morgan fingerprint density at radius 2 is 2.04 bits per heavy atom. The first kappa shape index (κ1) is 18.2. The molecule has 0 aromatic carbocycles. The number of hydrogen-bond acceptors (Lipinski definition) is 3. The SMILES string of the molecule is CC(=O)N1CCCC[C@@H]1c1ccc(C(=O)NCc2cn(C)nc2C)n1C. The zero-order chi connectivity index (χ0) is 18.8. The molecular weight excluding hydrogens is 330 g/mol. The number of carbonyl (C=O) groups is 2. The number of amides is 2. The molecule has 3 rings (SSSR count). The van der Waals surface area contributed by atoms with Gasteiger partial charge in [-0.05, 0) is 38.3 Å². The molecule has 2 aromatic heterocycles. The Kier molecular flexibility index (Phi) is 5.15. The molecule has 140 valence electrons. The summed E-state index contributed by atoms with van der Waals surface area (Å²) >= 11 is 0. The fourth-order valence-corrected chi connectivity index (χ4v) is 3.79. The van der Waals surface area contributed by atoms with Crippen molar-refractivity contribution in [3.63, 3.8) is 0 Å².